The fourth-order valence-electron chi connectivity index (χ4n) is 3.41. The summed E-state index contributed by atoms with van der Waals surface area (Å²) in [6.45, 7) is 4.59. The summed E-state index contributed by atoms with van der Waals surface area (Å²) in [6, 6.07) is 12.1. The molecule has 0 radical (unpaired) electrons. The van der Waals surface area contributed by atoms with E-state index >= 15 is 0 Å². The minimum atomic E-state index is -3.46. The van der Waals surface area contributed by atoms with E-state index in [9.17, 15) is 8.42 Å². The van der Waals surface area contributed by atoms with Crippen LogP contribution in [0.5, 0.6) is 0 Å². The number of benzene rings is 1. The standard InChI is InChI=1S/C19H25N3O2S/c1-3-22(4-2)25(23,24)16-12-13-19(20-14-16)21-18-11-7-9-15-8-5-6-10-17(15)18/h5-6,8,10,12-14,18H,3-4,7,9,11H2,1-2H3,(H,20,21)/t18-/m1/s1. The monoisotopic (exact) mass is 359 g/mol. The van der Waals surface area contributed by atoms with Crippen molar-refractivity contribution in [1.82, 2.24) is 9.29 Å². The topological polar surface area (TPSA) is 62.3 Å². The number of aromatic nitrogens is 1. The Morgan fingerprint density at radius 3 is 2.60 bits per heavy atom. The van der Waals surface area contributed by atoms with Crippen LogP contribution in [0, 0.1) is 0 Å². The molecule has 5 nitrogen and oxygen atoms in total. The summed E-state index contributed by atoms with van der Waals surface area (Å²) in [7, 11) is -3.46. The SMILES string of the molecule is CCN(CC)S(=O)(=O)c1ccc(N[C@@H]2CCCc3ccccc32)nc1. The van der Waals surface area contributed by atoms with Gasteiger partial charge in [-0.1, -0.05) is 38.1 Å². The van der Waals surface area contributed by atoms with Crippen molar-refractivity contribution < 1.29 is 8.42 Å². The summed E-state index contributed by atoms with van der Waals surface area (Å²) in [5.41, 5.74) is 2.70. The van der Waals surface area contributed by atoms with Gasteiger partial charge in [0.05, 0.1) is 6.04 Å². The van der Waals surface area contributed by atoms with Crippen molar-refractivity contribution in [3.8, 4) is 0 Å². The summed E-state index contributed by atoms with van der Waals surface area (Å²) in [5.74, 6) is 0.709. The lowest BCUT2D eigenvalue weighted by Gasteiger charge is -2.27. The Morgan fingerprint density at radius 2 is 1.92 bits per heavy atom. The van der Waals surface area contributed by atoms with Gasteiger partial charge in [-0.3, -0.25) is 0 Å². The molecule has 134 valence electrons. The van der Waals surface area contributed by atoms with E-state index in [1.807, 2.05) is 13.8 Å². The smallest absolute Gasteiger partial charge is 0.244 e. The highest BCUT2D eigenvalue weighted by Gasteiger charge is 2.23. The molecule has 0 saturated carbocycles. The molecule has 0 fully saturated rings. The van der Waals surface area contributed by atoms with Gasteiger partial charge in [0.1, 0.15) is 10.7 Å². The van der Waals surface area contributed by atoms with E-state index in [1.165, 1.54) is 21.6 Å². The molecule has 3 rings (SSSR count). The van der Waals surface area contributed by atoms with Gasteiger partial charge < -0.3 is 5.32 Å². The number of aryl methyl sites for hydroxylation is 1. The van der Waals surface area contributed by atoms with Crippen LogP contribution >= 0.6 is 0 Å². The predicted molar refractivity (Wildman–Crippen MR) is 100 cm³/mol. The van der Waals surface area contributed by atoms with E-state index in [2.05, 4.69) is 34.6 Å². The minimum absolute atomic E-state index is 0.225. The van der Waals surface area contributed by atoms with Gasteiger partial charge in [0, 0.05) is 19.3 Å². The first kappa shape index (κ1) is 17.9. The van der Waals surface area contributed by atoms with Crippen molar-refractivity contribution in [3.63, 3.8) is 0 Å². The summed E-state index contributed by atoms with van der Waals surface area (Å²) in [4.78, 5) is 4.59. The highest BCUT2D eigenvalue weighted by Crippen LogP contribution is 2.32. The van der Waals surface area contributed by atoms with Gasteiger partial charge in [-0.05, 0) is 42.5 Å². The molecular weight excluding hydrogens is 334 g/mol. The Kier molecular flexibility index (Phi) is 5.39. The number of anilines is 1. The fourth-order valence-corrected chi connectivity index (χ4v) is 4.82. The molecular formula is C19H25N3O2S. The van der Waals surface area contributed by atoms with Gasteiger partial charge in [0.25, 0.3) is 0 Å². The van der Waals surface area contributed by atoms with Gasteiger partial charge in [-0.15, -0.1) is 0 Å². The number of pyridine rings is 1. The normalized spacial score (nSPS) is 17.3. The zero-order valence-corrected chi connectivity index (χ0v) is 15.6. The van der Waals surface area contributed by atoms with Crippen LogP contribution in [0.2, 0.25) is 0 Å². The Hall–Kier alpha value is -1.92. The van der Waals surface area contributed by atoms with Crippen LogP contribution in [0.15, 0.2) is 47.5 Å². The molecule has 2 aromatic rings. The molecule has 0 saturated heterocycles. The highest BCUT2D eigenvalue weighted by molar-refractivity contribution is 7.89. The van der Waals surface area contributed by atoms with Crippen molar-refractivity contribution >= 4 is 15.8 Å². The second-order valence-electron chi connectivity index (χ2n) is 6.26. The highest BCUT2D eigenvalue weighted by atomic mass is 32.2. The van der Waals surface area contributed by atoms with Crippen molar-refractivity contribution in [2.24, 2.45) is 0 Å². The largest absolute Gasteiger partial charge is 0.363 e. The second kappa shape index (κ2) is 7.54. The molecule has 1 aromatic heterocycles. The zero-order chi connectivity index (χ0) is 17.9. The third-order valence-corrected chi connectivity index (χ3v) is 6.80. The number of sulfonamides is 1. The summed E-state index contributed by atoms with van der Waals surface area (Å²) >= 11 is 0. The van der Waals surface area contributed by atoms with E-state index in [-0.39, 0.29) is 10.9 Å². The zero-order valence-electron chi connectivity index (χ0n) is 14.8. The van der Waals surface area contributed by atoms with Crippen LogP contribution < -0.4 is 5.32 Å². The van der Waals surface area contributed by atoms with Crippen LogP contribution in [-0.2, 0) is 16.4 Å². The number of nitrogens with zero attached hydrogens (tertiary/aromatic N) is 2. The van der Waals surface area contributed by atoms with E-state index in [4.69, 9.17) is 0 Å². The van der Waals surface area contributed by atoms with E-state index < -0.39 is 10.0 Å². The Bertz CT molecular complexity index is 815. The molecule has 0 aliphatic heterocycles. The number of nitrogens with one attached hydrogen (secondary N) is 1. The molecule has 1 heterocycles. The number of hydrogen-bond donors (Lipinski definition) is 1. The van der Waals surface area contributed by atoms with E-state index in [1.54, 1.807) is 12.1 Å². The Labute approximate surface area is 150 Å². The van der Waals surface area contributed by atoms with Crippen molar-refractivity contribution in [2.45, 2.75) is 44.0 Å². The average Bonchev–Trinajstić information content (AvgIpc) is 2.63. The van der Waals surface area contributed by atoms with Crippen LogP contribution in [0.1, 0.15) is 43.9 Å². The average molecular weight is 359 g/mol. The van der Waals surface area contributed by atoms with E-state index in [0.717, 1.165) is 19.3 Å². The number of hydrogen-bond acceptors (Lipinski definition) is 4. The van der Waals surface area contributed by atoms with Gasteiger partial charge in [0.15, 0.2) is 0 Å². The van der Waals surface area contributed by atoms with Crippen molar-refractivity contribution in [2.75, 3.05) is 18.4 Å². The Morgan fingerprint density at radius 1 is 1.16 bits per heavy atom. The maximum Gasteiger partial charge on any atom is 0.244 e. The van der Waals surface area contributed by atoms with E-state index in [0.29, 0.717) is 18.9 Å². The molecule has 0 unspecified atom stereocenters. The second-order valence-corrected chi connectivity index (χ2v) is 8.19. The summed E-state index contributed by atoms with van der Waals surface area (Å²) < 4.78 is 26.5. The maximum absolute atomic E-state index is 12.5. The number of rotatable bonds is 6. The first-order valence-corrected chi connectivity index (χ1v) is 10.3. The lowest BCUT2D eigenvalue weighted by atomic mass is 9.88. The fraction of sp³-hybridized carbons (Fsp3) is 0.421. The molecule has 6 heteroatoms. The summed E-state index contributed by atoms with van der Waals surface area (Å²) in [5, 5.41) is 3.45. The van der Waals surface area contributed by atoms with Crippen molar-refractivity contribution in [1.29, 1.82) is 0 Å². The molecule has 25 heavy (non-hydrogen) atoms. The van der Waals surface area contributed by atoms with Gasteiger partial charge >= 0.3 is 0 Å². The molecule has 1 aliphatic rings. The summed E-state index contributed by atoms with van der Waals surface area (Å²) in [6.07, 6.45) is 4.76. The van der Waals surface area contributed by atoms with Crippen LogP contribution in [0.4, 0.5) is 5.82 Å². The molecule has 0 bridgehead atoms. The molecule has 1 aromatic carbocycles. The quantitative estimate of drug-likeness (QED) is 0.856. The molecule has 1 atom stereocenters. The van der Waals surface area contributed by atoms with Crippen LogP contribution in [0.3, 0.4) is 0 Å². The minimum Gasteiger partial charge on any atom is -0.363 e. The first-order valence-electron chi connectivity index (χ1n) is 8.86. The Balaban J connectivity index is 1.78. The first-order chi connectivity index (χ1) is 12.1. The van der Waals surface area contributed by atoms with Crippen LogP contribution in [-0.4, -0.2) is 30.8 Å². The third kappa shape index (κ3) is 3.70. The molecule has 0 amide bonds. The van der Waals surface area contributed by atoms with Gasteiger partial charge in [-0.25, -0.2) is 13.4 Å². The maximum atomic E-state index is 12.5. The van der Waals surface area contributed by atoms with Crippen molar-refractivity contribution in [3.05, 3.63) is 53.7 Å². The lowest BCUT2D eigenvalue weighted by molar-refractivity contribution is 0.445. The van der Waals surface area contributed by atoms with Gasteiger partial charge in [-0.2, -0.15) is 4.31 Å². The van der Waals surface area contributed by atoms with Gasteiger partial charge in [0.2, 0.25) is 10.0 Å². The van der Waals surface area contributed by atoms with Crippen LogP contribution in [0.25, 0.3) is 0 Å². The molecule has 1 aliphatic carbocycles. The lowest BCUT2D eigenvalue weighted by Crippen LogP contribution is -2.30. The number of fused-ring (bicyclic) bond motifs is 1. The predicted octanol–water partition coefficient (Wildman–Crippen LogP) is 3.60. The molecule has 1 N–H and O–H groups in total. The third-order valence-electron chi connectivity index (χ3n) is 4.77. The molecule has 0 spiro atoms.